The number of rotatable bonds is 3. The molecular formula is C21H18N4O3. The maximum Gasteiger partial charge on any atom is 0.278 e. The van der Waals surface area contributed by atoms with Crippen LogP contribution in [0.2, 0.25) is 0 Å². The fourth-order valence-corrected chi connectivity index (χ4v) is 3.62. The normalized spacial score (nSPS) is 16.8. The summed E-state index contributed by atoms with van der Waals surface area (Å²) in [5, 5.41) is 3.16. The summed E-state index contributed by atoms with van der Waals surface area (Å²) in [7, 11) is 0. The summed E-state index contributed by atoms with van der Waals surface area (Å²) >= 11 is 0. The Bertz CT molecular complexity index is 1050. The summed E-state index contributed by atoms with van der Waals surface area (Å²) in [6, 6.07) is 13.6. The molecule has 1 atom stereocenters. The number of hydrogen-bond acceptors (Lipinski definition) is 6. The quantitative estimate of drug-likeness (QED) is 0.756. The highest BCUT2D eigenvalue weighted by molar-refractivity contribution is 6.06. The monoisotopic (exact) mass is 374 g/mol. The molecule has 1 unspecified atom stereocenters. The molecule has 1 N–H and O–H groups in total. The average molecular weight is 374 g/mol. The van der Waals surface area contributed by atoms with Gasteiger partial charge in [-0.2, -0.15) is 0 Å². The van der Waals surface area contributed by atoms with Crippen LogP contribution in [0.5, 0.6) is 11.5 Å². The molecule has 3 heterocycles. The smallest absolute Gasteiger partial charge is 0.278 e. The first-order valence-corrected chi connectivity index (χ1v) is 9.09. The van der Waals surface area contributed by atoms with E-state index in [2.05, 4.69) is 21.4 Å². The molecule has 2 aliphatic rings. The molecule has 1 aromatic heterocycles. The van der Waals surface area contributed by atoms with Gasteiger partial charge in [0.2, 0.25) is 6.79 Å². The molecular weight excluding hydrogens is 356 g/mol. The standard InChI is InChI=1S/C21H18N4O3/c1-13-8-14-4-2-3-5-17(14)25(13)21(26)16-10-23-20(11-22-16)24-15-6-7-18-19(9-15)28-12-27-18/h2-7,9-11,13H,8,12H2,1H3,(H,23,24). The van der Waals surface area contributed by atoms with Crippen LogP contribution >= 0.6 is 0 Å². The first-order valence-electron chi connectivity index (χ1n) is 9.09. The number of carbonyl (C=O) groups excluding carboxylic acids is 1. The van der Waals surface area contributed by atoms with Gasteiger partial charge in [0, 0.05) is 23.5 Å². The molecule has 0 bridgehead atoms. The molecule has 2 aliphatic heterocycles. The van der Waals surface area contributed by atoms with Crippen molar-refractivity contribution in [1.29, 1.82) is 0 Å². The first-order chi connectivity index (χ1) is 13.7. The minimum absolute atomic E-state index is 0.0955. The Morgan fingerprint density at radius 2 is 1.96 bits per heavy atom. The molecule has 0 radical (unpaired) electrons. The topological polar surface area (TPSA) is 76.6 Å². The van der Waals surface area contributed by atoms with Gasteiger partial charge in [-0.3, -0.25) is 4.79 Å². The van der Waals surface area contributed by atoms with Gasteiger partial charge < -0.3 is 19.7 Å². The van der Waals surface area contributed by atoms with Gasteiger partial charge in [0.1, 0.15) is 11.5 Å². The zero-order valence-corrected chi connectivity index (χ0v) is 15.3. The Morgan fingerprint density at radius 1 is 1.11 bits per heavy atom. The van der Waals surface area contributed by atoms with Crippen molar-refractivity contribution in [2.75, 3.05) is 17.0 Å². The summed E-state index contributed by atoms with van der Waals surface area (Å²) in [4.78, 5) is 23.5. The molecule has 2 aromatic carbocycles. The van der Waals surface area contributed by atoms with Gasteiger partial charge in [-0.1, -0.05) is 18.2 Å². The summed E-state index contributed by atoms with van der Waals surface area (Å²) in [5.74, 6) is 1.81. The van der Waals surface area contributed by atoms with E-state index in [1.165, 1.54) is 11.8 Å². The number of nitrogens with one attached hydrogen (secondary N) is 1. The highest BCUT2D eigenvalue weighted by Crippen LogP contribution is 2.35. The molecule has 0 spiro atoms. The van der Waals surface area contributed by atoms with Gasteiger partial charge in [-0.25, -0.2) is 9.97 Å². The Kier molecular flexibility index (Phi) is 3.86. The first kappa shape index (κ1) is 16.6. The Labute approximate surface area is 161 Å². The van der Waals surface area contributed by atoms with Gasteiger partial charge in [0.15, 0.2) is 11.5 Å². The van der Waals surface area contributed by atoms with Gasteiger partial charge in [-0.05, 0) is 37.1 Å². The van der Waals surface area contributed by atoms with Crippen LogP contribution in [-0.4, -0.2) is 28.7 Å². The molecule has 1 amide bonds. The van der Waals surface area contributed by atoms with E-state index in [0.717, 1.165) is 23.5 Å². The number of fused-ring (bicyclic) bond motifs is 2. The predicted octanol–water partition coefficient (Wildman–Crippen LogP) is 3.54. The Hall–Kier alpha value is -3.61. The maximum atomic E-state index is 13.0. The van der Waals surface area contributed by atoms with Crippen molar-refractivity contribution in [3.8, 4) is 11.5 Å². The van der Waals surface area contributed by atoms with E-state index in [-0.39, 0.29) is 18.7 Å². The highest BCUT2D eigenvalue weighted by Gasteiger charge is 2.31. The van der Waals surface area contributed by atoms with Crippen LogP contribution in [0, 0.1) is 0 Å². The molecule has 28 heavy (non-hydrogen) atoms. The molecule has 140 valence electrons. The van der Waals surface area contributed by atoms with E-state index < -0.39 is 0 Å². The lowest BCUT2D eigenvalue weighted by molar-refractivity contribution is 0.0976. The SMILES string of the molecule is CC1Cc2ccccc2N1C(=O)c1cnc(Nc2ccc3c(c2)OCO3)cn1. The second-order valence-corrected chi connectivity index (χ2v) is 6.84. The zero-order valence-electron chi connectivity index (χ0n) is 15.3. The summed E-state index contributed by atoms with van der Waals surface area (Å²) in [6.07, 6.45) is 3.91. The lowest BCUT2D eigenvalue weighted by atomic mass is 10.1. The molecule has 0 fully saturated rings. The number of aromatic nitrogens is 2. The van der Waals surface area contributed by atoms with Crippen molar-refractivity contribution in [2.45, 2.75) is 19.4 Å². The maximum absolute atomic E-state index is 13.0. The number of benzene rings is 2. The number of ether oxygens (including phenoxy) is 2. The number of anilines is 3. The fraction of sp³-hybridized carbons (Fsp3) is 0.190. The van der Waals surface area contributed by atoms with E-state index in [9.17, 15) is 4.79 Å². The Morgan fingerprint density at radius 3 is 2.82 bits per heavy atom. The molecule has 5 rings (SSSR count). The van der Waals surface area contributed by atoms with Crippen LogP contribution in [-0.2, 0) is 6.42 Å². The fourth-order valence-electron chi connectivity index (χ4n) is 3.62. The van der Waals surface area contributed by atoms with Gasteiger partial charge >= 0.3 is 0 Å². The average Bonchev–Trinajstić information content (AvgIpc) is 3.31. The molecule has 7 nitrogen and oxygen atoms in total. The van der Waals surface area contributed by atoms with Crippen LogP contribution in [0.15, 0.2) is 54.9 Å². The van der Waals surface area contributed by atoms with Crippen molar-refractivity contribution >= 4 is 23.1 Å². The lowest BCUT2D eigenvalue weighted by Gasteiger charge is -2.22. The molecule has 7 heteroatoms. The van der Waals surface area contributed by atoms with E-state index >= 15 is 0 Å². The van der Waals surface area contributed by atoms with Gasteiger partial charge in [0.05, 0.1) is 12.4 Å². The van der Waals surface area contributed by atoms with Crippen molar-refractivity contribution in [2.24, 2.45) is 0 Å². The number of carbonyl (C=O) groups is 1. The van der Waals surface area contributed by atoms with Gasteiger partial charge in [0.25, 0.3) is 5.91 Å². The van der Waals surface area contributed by atoms with E-state index in [1.54, 1.807) is 11.1 Å². The van der Waals surface area contributed by atoms with Crippen LogP contribution < -0.4 is 19.7 Å². The minimum Gasteiger partial charge on any atom is -0.454 e. The molecule has 3 aromatic rings. The molecule has 0 saturated carbocycles. The minimum atomic E-state index is -0.139. The van der Waals surface area contributed by atoms with E-state index in [0.29, 0.717) is 17.3 Å². The summed E-state index contributed by atoms with van der Waals surface area (Å²) < 4.78 is 10.7. The van der Waals surface area contributed by atoms with Crippen molar-refractivity contribution < 1.29 is 14.3 Å². The number of hydrogen-bond donors (Lipinski definition) is 1. The molecule has 0 aliphatic carbocycles. The highest BCUT2D eigenvalue weighted by atomic mass is 16.7. The third kappa shape index (κ3) is 2.81. The summed E-state index contributed by atoms with van der Waals surface area (Å²) in [6.45, 7) is 2.27. The van der Waals surface area contributed by atoms with Crippen LogP contribution in [0.4, 0.5) is 17.2 Å². The second-order valence-electron chi connectivity index (χ2n) is 6.84. The molecule has 0 saturated heterocycles. The third-order valence-electron chi connectivity index (χ3n) is 4.94. The van der Waals surface area contributed by atoms with E-state index in [4.69, 9.17) is 9.47 Å². The van der Waals surface area contributed by atoms with Crippen LogP contribution in [0.1, 0.15) is 23.0 Å². The summed E-state index contributed by atoms with van der Waals surface area (Å²) in [5.41, 5.74) is 3.25. The zero-order chi connectivity index (χ0) is 19.1. The van der Waals surface area contributed by atoms with Gasteiger partial charge in [-0.15, -0.1) is 0 Å². The largest absolute Gasteiger partial charge is 0.454 e. The number of amides is 1. The van der Waals surface area contributed by atoms with Crippen LogP contribution in [0.25, 0.3) is 0 Å². The second kappa shape index (κ2) is 6.53. The Balaban J connectivity index is 1.34. The van der Waals surface area contributed by atoms with Crippen molar-refractivity contribution in [3.63, 3.8) is 0 Å². The van der Waals surface area contributed by atoms with E-state index in [1.807, 2.05) is 43.3 Å². The van der Waals surface area contributed by atoms with Crippen molar-refractivity contribution in [3.05, 3.63) is 66.1 Å². The predicted molar refractivity (Wildman–Crippen MR) is 104 cm³/mol. The number of para-hydroxylation sites is 1. The van der Waals surface area contributed by atoms with Crippen LogP contribution in [0.3, 0.4) is 0 Å². The van der Waals surface area contributed by atoms with Crippen molar-refractivity contribution in [1.82, 2.24) is 9.97 Å². The number of nitrogens with zero attached hydrogens (tertiary/aromatic N) is 3. The lowest BCUT2D eigenvalue weighted by Crippen LogP contribution is -2.36. The third-order valence-corrected chi connectivity index (χ3v) is 4.94.